The first-order valence-corrected chi connectivity index (χ1v) is 8.30. The molecule has 2 aliphatic rings. The molecule has 0 unspecified atom stereocenters. The predicted octanol–water partition coefficient (Wildman–Crippen LogP) is 4.14. The van der Waals surface area contributed by atoms with Crippen molar-refractivity contribution in [1.29, 1.82) is 0 Å². The normalized spacial score (nSPS) is 17.4. The van der Waals surface area contributed by atoms with Gasteiger partial charge in [-0.1, -0.05) is 0 Å². The van der Waals surface area contributed by atoms with Crippen molar-refractivity contribution >= 4 is 0 Å². The third kappa shape index (κ3) is 3.32. The Labute approximate surface area is 138 Å². The number of nitrogens with zero attached hydrogens (tertiary/aromatic N) is 2. The first kappa shape index (κ1) is 15.3. The van der Waals surface area contributed by atoms with E-state index in [1.165, 1.54) is 24.5 Å². The first-order chi connectivity index (χ1) is 11.7. The smallest absolute Gasteiger partial charge is 0.233 e. The van der Waals surface area contributed by atoms with Crippen LogP contribution in [0.5, 0.6) is 11.6 Å². The van der Waals surface area contributed by atoms with Gasteiger partial charge in [0.1, 0.15) is 6.10 Å². The highest BCUT2D eigenvalue weighted by atomic mass is 19.1. The molecular formula is C18H18F2N2O2. The summed E-state index contributed by atoms with van der Waals surface area (Å²) in [5, 5.41) is 0. The lowest BCUT2D eigenvalue weighted by Crippen LogP contribution is -2.25. The Morgan fingerprint density at radius 1 is 1.04 bits per heavy atom. The highest BCUT2D eigenvalue weighted by molar-refractivity contribution is 5.60. The summed E-state index contributed by atoms with van der Waals surface area (Å²) in [6, 6.07) is 2.45. The molecule has 0 spiro atoms. The highest BCUT2D eigenvalue weighted by Gasteiger charge is 2.24. The lowest BCUT2D eigenvalue weighted by Gasteiger charge is -2.25. The molecule has 4 rings (SSSR count). The van der Waals surface area contributed by atoms with Gasteiger partial charge in [-0.3, -0.25) is 4.98 Å². The van der Waals surface area contributed by atoms with Crippen molar-refractivity contribution in [3.8, 4) is 22.9 Å². The molecule has 126 valence electrons. The first-order valence-electron chi connectivity index (χ1n) is 8.30. The van der Waals surface area contributed by atoms with Crippen molar-refractivity contribution in [3.63, 3.8) is 0 Å². The van der Waals surface area contributed by atoms with Gasteiger partial charge in [0.05, 0.1) is 24.7 Å². The maximum Gasteiger partial charge on any atom is 0.233 e. The third-order valence-corrected chi connectivity index (χ3v) is 4.41. The van der Waals surface area contributed by atoms with Crippen molar-refractivity contribution in [2.45, 2.75) is 38.2 Å². The van der Waals surface area contributed by atoms with Crippen LogP contribution in [0.2, 0.25) is 0 Å². The number of hydrogen-bond acceptors (Lipinski definition) is 4. The van der Waals surface area contributed by atoms with E-state index in [0.29, 0.717) is 29.7 Å². The van der Waals surface area contributed by atoms with E-state index in [1.54, 1.807) is 0 Å². The van der Waals surface area contributed by atoms with Crippen molar-refractivity contribution in [2.24, 2.45) is 5.92 Å². The topological polar surface area (TPSA) is 44.2 Å². The van der Waals surface area contributed by atoms with Gasteiger partial charge in [0.25, 0.3) is 0 Å². The standard InChI is InChI=1S/C18H18F2N2O2/c19-14-6-12(7-15(20)18(14)23-10-11-4-5-11)16-8-21-9-17(22-16)24-13-2-1-3-13/h6-9,11,13H,1-5,10H2. The maximum absolute atomic E-state index is 14.2. The second-order valence-corrected chi connectivity index (χ2v) is 6.44. The van der Waals surface area contributed by atoms with Gasteiger partial charge in [0.2, 0.25) is 5.88 Å². The van der Waals surface area contributed by atoms with E-state index in [9.17, 15) is 8.78 Å². The summed E-state index contributed by atoms with van der Waals surface area (Å²) in [5.41, 5.74) is 0.689. The van der Waals surface area contributed by atoms with Gasteiger partial charge in [-0.05, 0) is 50.2 Å². The van der Waals surface area contributed by atoms with Crippen LogP contribution in [-0.4, -0.2) is 22.7 Å². The van der Waals surface area contributed by atoms with Crippen LogP contribution < -0.4 is 9.47 Å². The molecule has 0 bridgehead atoms. The number of benzene rings is 1. The average molecular weight is 332 g/mol. The monoisotopic (exact) mass is 332 g/mol. The van der Waals surface area contributed by atoms with Gasteiger partial charge >= 0.3 is 0 Å². The number of rotatable bonds is 6. The molecule has 1 aromatic carbocycles. The predicted molar refractivity (Wildman–Crippen MR) is 83.9 cm³/mol. The minimum absolute atomic E-state index is 0.168. The summed E-state index contributed by atoms with van der Waals surface area (Å²) in [6.07, 6.45) is 8.42. The Kier molecular flexibility index (Phi) is 4.04. The van der Waals surface area contributed by atoms with E-state index in [2.05, 4.69) is 9.97 Å². The van der Waals surface area contributed by atoms with Gasteiger partial charge in [0.15, 0.2) is 17.4 Å². The van der Waals surface area contributed by atoms with Crippen LogP contribution in [0.1, 0.15) is 32.1 Å². The minimum atomic E-state index is -0.724. The zero-order valence-corrected chi connectivity index (χ0v) is 13.2. The Balaban J connectivity index is 1.55. The highest BCUT2D eigenvalue weighted by Crippen LogP contribution is 2.33. The van der Waals surface area contributed by atoms with Gasteiger partial charge < -0.3 is 9.47 Å². The second-order valence-electron chi connectivity index (χ2n) is 6.44. The molecule has 6 heteroatoms. The summed E-state index contributed by atoms with van der Waals surface area (Å²) in [6.45, 7) is 0.359. The Morgan fingerprint density at radius 2 is 1.79 bits per heavy atom. The molecule has 1 heterocycles. The molecule has 24 heavy (non-hydrogen) atoms. The molecule has 2 aliphatic carbocycles. The molecule has 0 atom stereocenters. The molecule has 1 aromatic heterocycles. The minimum Gasteiger partial charge on any atom is -0.487 e. The van der Waals surface area contributed by atoms with Crippen molar-refractivity contribution in [3.05, 3.63) is 36.2 Å². The number of halogens is 2. The molecule has 2 aromatic rings. The lowest BCUT2D eigenvalue weighted by atomic mass is 9.96. The molecule has 2 fully saturated rings. The van der Waals surface area contributed by atoms with E-state index >= 15 is 0 Å². The summed E-state index contributed by atoms with van der Waals surface area (Å²) < 4.78 is 39.3. The Hall–Kier alpha value is -2.24. The van der Waals surface area contributed by atoms with Gasteiger partial charge in [-0.25, -0.2) is 13.8 Å². The fourth-order valence-electron chi connectivity index (χ4n) is 2.53. The molecule has 4 nitrogen and oxygen atoms in total. The van der Waals surface area contributed by atoms with Crippen LogP contribution >= 0.6 is 0 Å². The van der Waals surface area contributed by atoms with Gasteiger partial charge in [0, 0.05) is 5.56 Å². The zero-order valence-electron chi connectivity index (χ0n) is 13.2. The summed E-state index contributed by atoms with van der Waals surface area (Å²) in [7, 11) is 0. The molecular weight excluding hydrogens is 314 g/mol. The van der Waals surface area contributed by atoms with Crippen LogP contribution in [0.25, 0.3) is 11.3 Å². The Morgan fingerprint density at radius 3 is 2.42 bits per heavy atom. The van der Waals surface area contributed by atoms with Crippen LogP contribution in [0, 0.1) is 17.6 Å². The van der Waals surface area contributed by atoms with Crippen molar-refractivity contribution in [2.75, 3.05) is 6.61 Å². The third-order valence-electron chi connectivity index (χ3n) is 4.41. The molecule has 0 amide bonds. The average Bonchev–Trinajstić information content (AvgIpc) is 3.34. The van der Waals surface area contributed by atoms with Crippen LogP contribution in [-0.2, 0) is 0 Å². The molecule has 0 radical (unpaired) electrons. The van der Waals surface area contributed by atoms with E-state index in [0.717, 1.165) is 32.1 Å². The maximum atomic E-state index is 14.2. The van der Waals surface area contributed by atoms with E-state index in [1.807, 2.05) is 0 Å². The SMILES string of the molecule is Fc1cc(-c2cncc(OC3CCC3)n2)cc(F)c1OCC1CC1. The fraction of sp³-hybridized carbons (Fsp3) is 0.444. The fourth-order valence-corrected chi connectivity index (χ4v) is 2.53. The lowest BCUT2D eigenvalue weighted by molar-refractivity contribution is 0.114. The number of ether oxygens (including phenoxy) is 2. The summed E-state index contributed by atoms with van der Waals surface area (Å²) in [5.74, 6) is -0.960. The molecule has 0 saturated heterocycles. The van der Waals surface area contributed by atoms with Crippen LogP contribution in [0.15, 0.2) is 24.5 Å². The zero-order chi connectivity index (χ0) is 16.5. The quantitative estimate of drug-likeness (QED) is 0.797. The molecule has 2 saturated carbocycles. The summed E-state index contributed by atoms with van der Waals surface area (Å²) >= 11 is 0. The Bertz CT molecular complexity index is 723. The number of hydrogen-bond donors (Lipinski definition) is 0. The van der Waals surface area contributed by atoms with Gasteiger partial charge in [-0.15, -0.1) is 0 Å². The summed E-state index contributed by atoms with van der Waals surface area (Å²) in [4.78, 5) is 8.36. The largest absolute Gasteiger partial charge is 0.487 e. The molecule has 0 aliphatic heterocycles. The van der Waals surface area contributed by atoms with Gasteiger partial charge in [-0.2, -0.15) is 0 Å². The van der Waals surface area contributed by atoms with E-state index < -0.39 is 11.6 Å². The number of aromatic nitrogens is 2. The van der Waals surface area contributed by atoms with E-state index in [4.69, 9.17) is 9.47 Å². The van der Waals surface area contributed by atoms with Crippen LogP contribution in [0.4, 0.5) is 8.78 Å². The molecule has 0 N–H and O–H groups in total. The van der Waals surface area contributed by atoms with Crippen LogP contribution in [0.3, 0.4) is 0 Å². The van der Waals surface area contributed by atoms with Crippen molar-refractivity contribution < 1.29 is 18.3 Å². The van der Waals surface area contributed by atoms with E-state index in [-0.39, 0.29) is 11.9 Å². The second kappa shape index (κ2) is 6.34. The van der Waals surface area contributed by atoms with Crippen molar-refractivity contribution in [1.82, 2.24) is 9.97 Å².